The smallest absolute Gasteiger partial charge is 0.143 e. The number of aryl methyl sites for hydroxylation is 2. The maximum atomic E-state index is 14.5. The minimum atomic E-state index is -0.700. The monoisotopic (exact) mass is 412 g/mol. The number of hydrogen-bond acceptors (Lipinski definition) is 0. The highest BCUT2D eigenvalue weighted by molar-refractivity contribution is 5.49. The molecule has 3 aromatic carbocycles. The molecule has 0 N–H and O–H groups in total. The summed E-state index contributed by atoms with van der Waals surface area (Å²) in [6.45, 7) is 4.29. The second-order valence-corrected chi connectivity index (χ2v) is 7.56. The van der Waals surface area contributed by atoms with Gasteiger partial charge in [-0.25, -0.2) is 8.78 Å². The van der Waals surface area contributed by atoms with Crippen LogP contribution in [0.3, 0.4) is 0 Å². The third-order valence-corrected chi connectivity index (χ3v) is 4.99. The fourth-order valence-corrected chi connectivity index (χ4v) is 3.22. The van der Waals surface area contributed by atoms with Gasteiger partial charge in [-0.3, -0.25) is 0 Å². The van der Waals surface area contributed by atoms with Gasteiger partial charge in [-0.15, -0.1) is 0 Å². The Morgan fingerprint density at radius 1 is 0.581 bits per heavy atom. The predicted molar refractivity (Wildman–Crippen MR) is 124 cm³/mol. The SMILES string of the molecule is CCCCc1ccc(C#Cc2cc(F)c(C#Cc3ccc(CCC)cc3)c(F)c2)cc1. The Balaban J connectivity index is 1.75. The zero-order chi connectivity index (χ0) is 22.1. The molecule has 0 heterocycles. The van der Waals surface area contributed by atoms with E-state index >= 15 is 0 Å². The summed E-state index contributed by atoms with van der Waals surface area (Å²) in [5.41, 5.74) is 4.10. The van der Waals surface area contributed by atoms with E-state index in [9.17, 15) is 8.78 Å². The quantitative estimate of drug-likeness (QED) is 0.394. The normalized spacial score (nSPS) is 10.1. The lowest BCUT2D eigenvalue weighted by Gasteiger charge is -2.00. The third-order valence-electron chi connectivity index (χ3n) is 4.99. The molecule has 0 saturated carbocycles. The molecule has 0 atom stereocenters. The number of unbranched alkanes of at least 4 members (excludes halogenated alkanes) is 1. The molecule has 3 aromatic rings. The molecule has 0 saturated heterocycles. The Morgan fingerprint density at radius 2 is 1.06 bits per heavy atom. The van der Waals surface area contributed by atoms with Crippen LogP contribution in [0.1, 0.15) is 66.5 Å². The van der Waals surface area contributed by atoms with Gasteiger partial charge in [0, 0.05) is 16.7 Å². The molecular formula is C29H26F2. The summed E-state index contributed by atoms with van der Waals surface area (Å²) < 4.78 is 28.9. The fourth-order valence-electron chi connectivity index (χ4n) is 3.22. The van der Waals surface area contributed by atoms with Gasteiger partial charge in [0.25, 0.3) is 0 Å². The van der Waals surface area contributed by atoms with Crippen LogP contribution >= 0.6 is 0 Å². The minimum absolute atomic E-state index is 0.233. The van der Waals surface area contributed by atoms with E-state index in [0.717, 1.165) is 43.2 Å². The molecule has 156 valence electrons. The zero-order valence-electron chi connectivity index (χ0n) is 18.1. The lowest BCUT2D eigenvalue weighted by molar-refractivity contribution is 0.577. The molecule has 0 radical (unpaired) electrons. The molecule has 0 fully saturated rings. The summed E-state index contributed by atoms with van der Waals surface area (Å²) in [7, 11) is 0. The number of rotatable bonds is 5. The van der Waals surface area contributed by atoms with Gasteiger partial charge in [-0.05, 0) is 66.8 Å². The molecule has 0 amide bonds. The van der Waals surface area contributed by atoms with E-state index in [4.69, 9.17) is 0 Å². The number of benzene rings is 3. The van der Waals surface area contributed by atoms with Gasteiger partial charge in [0.05, 0.1) is 5.56 Å². The Morgan fingerprint density at radius 3 is 1.58 bits per heavy atom. The van der Waals surface area contributed by atoms with E-state index in [1.165, 1.54) is 23.3 Å². The molecule has 0 aromatic heterocycles. The molecule has 0 aliphatic carbocycles. The Hall–Kier alpha value is -3.36. The van der Waals surface area contributed by atoms with E-state index < -0.39 is 11.6 Å². The minimum Gasteiger partial charge on any atom is -0.205 e. The molecule has 0 unspecified atom stereocenters. The summed E-state index contributed by atoms with van der Waals surface area (Å²) in [4.78, 5) is 0. The molecule has 0 aliphatic heterocycles. The van der Waals surface area contributed by atoms with Crippen molar-refractivity contribution >= 4 is 0 Å². The average molecular weight is 413 g/mol. The van der Waals surface area contributed by atoms with Crippen molar-refractivity contribution in [2.75, 3.05) is 0 Å². The maximum absolute atomic E-state index is 14.5. The summed E-state index contributed by atoms with van der Waals surface area (Å²) in [5.74, 6) is 9.89. The van der Waals surface area contributed by atoms with E-state index in [0.29, 0.717) is 5.56 Å². The fraction of sp³-hybridized carbons (Fsp3) is 0.241. The highest BCUT2D eigenvalue weighted by atomic mass is 19.1. The lowest BCUT2D eigenvalue weighted by Crippen LogP contribution is -1.93. The molecule has 0 bridgehead atoms. The first-order valence-electron chi connectivity index (χ1n) is 10.8. The first-order valence-corrected chi connectivity index (χ1v) is 10.8. The van der Waals surface area contributed by atoms with E-state index in [1.54, 1.807) is 0 Å². The highest BCUT2D eigenvalue weighted by Crippen LogP contribution is 2.15. The van der Waals surface area contributed by atoms with Crippen molar-refractivity contribution in [2.45, 2.75) is 46.0 Å². The van der Waals surface area contributed by atoms with Crippen LogP contribution in [-0.2, 0) is 12.8 Å². The van der Waals surface area contributed by atoms with Crippen LogP contribution in [0, 0.1) is 35.3 Å². The first kappa shape index (κ1) is 22.3. The number of hydrogen-bond donors (Lipinski definition) is 0. The van der Waals surface area contributed by atoms with Crippen LogP contribution in [0.5, 0.6) is 0 Å². The van der Waals surface area contributed by atoms with Crippen LogP contribution in [0.15, 0.2) is 60.7 Å². The van der Waals surface area contributed by atoms with Crippen molar-refractivity contribution in [3.05, 3.63) is 106 Å². The summed E-state index contributed by atoms with van der Waals surface area (Å²) >= 11 is 0. The van der Waals surface area contributed by atoms with Gasteiger partial charge >= 0.3 is 0 Å². The largest absolute Gasteiger partial charge is 0.205 e. The first-order chi connectivity index (χ1) is 15.1. The van der Waals surface area contributed by atoms with Crippen molar-refractivity contribution < 1.29 is 8.78 Å². The van der Waals surface area contributed by atoms with Gasteiger partial charge in [0.1, 0.15) is 11.6 Å². The van der Waals surface area contributed by atoms with Gasteiger partial charge < -0.3 is 0 Å². The van der Waals surface area contributed by atoms with Gasteiger partial charge in [0.15, 0.2) is 0 Å². The van der Waals surface area contributed by atoms with Crippen LogP contribution in [-0.4, -0.2) is 0 Å². The van der Waals surface area contributed by atoms with Crippen molar-refractivity contribution in [2.24, 2.45) is 0 Å². The summed E-state index contributed by atoms with van der Waals surface area (Å²) in [5, 5.41) is 0. The third kappa shape index (κ3) is 6.56. The van der Waals surface area contributed by atoms with Gasteiger partial charge in [-0.2, -0.15) is 0 Å². The van der Waals surface area contributed by atoms with Crippen molar-refractivity contribution in [1.29, 1.82) is 0 Å². The molecule has 2 heteroatoms. The molecule has 0 spiro atoms. The predicted octanol–water partition coefficient (Wildman–Crippen LogP) is 7.06. The number of halogens is 2. The second-order valence-electron chi connectivity index (χ2n) is 7.56. The van der Waals surface area contributed by atoms with E-state index in [-0.39, 0.29) is 5.56 Å². The molecule has 0 nitrogen and oxygen atoms in total. The van der Waals surface area contributed by atoms with E-state index in [1.807, 2.05) is 48.5 Å². The van der Waals surface area contributed by atoms with Crippen molar-refractivity contribution in [3.63, 3.8) is 0 Å². The van der Waals surface area contributed by atoms with Crippen LogP contribution in [0.25, 0.3) is 0 Å². The van der Waals surface area contributed by atoms with Crippen LogP contribution in [0.2, 0.25) is 0 Å². The lowest BCUT2D eigenvalue weighted by atomic mass is 10.1. The van der Waals surface area contributed by atoms with Crippen molar-refractivity contribution in [3.8, 4) is 23.7 Å². The molecule has 0 aliphatic rings. The summed E-state index contributed by atoms with van der Waals surface area (Å²) in [6.07, 6.45) is 5.43. The average Bonchev–Trinajstić information content (AvgIpc) is 2.77. The molecular weight excluding hydrogens is 386 g/mol. The topological polar surface area (TPSA) is 0 Å². The van der Waals surface area contributed by atoms with Crippen LogP contribution in [0.4, 0.5) is 8.78 Å². The second kappa shape index (κ2) is 11.1. The van der Waals surface area contributed by atoms with Crippen LogP contribution < -0.4 is 0 Å². The summed E-state index contributed by atoms with van der Waals surface area (Å²) in [6, 6.07) is 18.2. The Kier molecular flexibility index (Phi) is 8.03. The Labute approximate surface area is 184 Å². The van der Waals surface area contributed by atoms with Gasteiger partial charge in [0.2, 0.25) is 0 Å². The maximum Gasteiger partial charge on any atom is 0.143 e. The molecule has 3 rings (SSSR count). The van der Waals surface area contributed by atoms with Gasteiger partial charge in [-0.1, -0.05) is 74.6 Å². The standard InChI is InChI=1S/C29H26F2/c1-3-5-7-23-10-14-24(15-11-23)16-17-26-20-28(30)27(29(31)21-26)19-18-25-12-8-22(6-4-2)9-13-25/h8-15,20-21H,3-7H2,1-2H3. The zero-order valence-corrected chi connectivity index (χ0v) is 18.1. The van der Waals surface area contributed by atoms with E-state index in [2.05, 4.69) is 37.5 Å². The Bertz CT molecular complexity index is 1110. The highest BCUT2D eigenvalue weighted by Gasteiger charge is 2.08. The molecule has 31 heavy (non-hydrogen) atoms. The van der Waals surface area contributed by atoms with Crippen molar-refractivity contribution in [1.82, 2.24) is 0 Å².